The lowest BCUT2D eigenvalue weighted by molar-refractivity contribution is -0.148. The van der Waals surface area contributed by atoms with Gasteiger partial charge in [0.15, 0.2) is 0 Å². The monoisotopic (exact) mass is 195 g/mol. The second kappa shape index (κ2) is 3.13. The molecule has 14 heavy (non-hydrogen) atoms. The molecule has 2 heterocycles. The summed E-state index contributed by atoms with van der Waals surface area (Å²) in [5.41, 5.74) is 1.43. The standard InChI is InChI=1S/C8H9N3O3/c1-11-4-5(3-9-11)6-2-7(8(12)13)14-10-6/h3-4,7H,2H2,1H3,(H,12,13). The van der Waals surface area contributed by atoms with Crippen LogP contribution in [0.25, 0.3) is 0 Å². The third kappa shape index (κ3) is 1.46. The lowest BCUT2D eigenvalue weighted by Crippen LogP contribution is -2.19. The van der Waals surface area contributed by atoms with Crippen molar-refractivity contribution < 1.29 is 14.7 Å². The van der Waals surface area contributed by atoms with Gasteiger partial charge >= 0.3 is 5.97 Å². The number of carboxylic acids is 1. The third-order valence-electron chi connectivity index (χ3n) is 1.98. The van der Waals surface area contributed by atoms with Crippen LogP contribution in [-0.4, -0.2) is 32.7 Å². The Balaban J connectivity index is 2.12. The van der Waals surface area contributed by atoms with Crippen LogP contribution in [0.5, 0.6) is 0 Å². The van der Waals surface area contributed by atoms with E-state index in [1.807, 2.05) is 0 Å². The number of hydrogen-bond acceptors (Lipinski definition) is 4. The Hall–Kier alpha value is -1.85. The van der Waals surface area contributed by atoms with Gasteiger partial charge < -0.3 is 9.94 Å². The lowest BCUT2D eigenvalue weighted by atomic mass is 10.1. The summed E-state index contributed by atoms with van der Waals surface area (Å²) in [7, 11) is 1.79. The van der Waals surface area contributed by atoms with Crippen molar-refractivity contribution >= 4 is 11.7 Å². The first-order valence-electron chi connectivity index (χ1n) is 4.11. The molecule has 1 aromatic heterocycles. The van der Waals surface area contributed by atoms with E-state index in [0.29, 0.717) is 12.1 Å². The zero-order valence-corrected chi connectivity index (χ0v) is 7.54. The third-order valence-corrected chi connectivity index (χ3v) is 1.98. The molecule has 0 spiro atoms. The molecular formula is C8H9N3O3. The molecule has 1 aromatic rings. The van der Waals surface area contributed by atoms with Gasteiger partial charge in [-0.25, -0.2) is 4.79 Å². The largest absolute Gasteiger partial charge is 0.478 e. The van der Waals surface area contributed by atoms with Crippen molar-refractivity contribution in [2.75, 3.05) is 0 Å². The number of oxime groups is 1. The number of nitrogens with zero attached hydrogens (tertiary/aromatic N) is 3. The normalized spacial score (nSPS) is 20.4. The van der Waals surface area contributed by atoms with Gasteiger partial charge in [-0.2, -0.15) is 5.10 Å². The maximum absolute atomic E-state index is 10.6. The van der Waals surface area contributed by atoms with E-state index in [0.717, 1.165) is 5.56 Å². The molecule has 6 heteroatoms. The molecule has 0 saturated heterocycles. The van der Waals surface area contributed by atoms with E-state index in [2.05, 4.69) is 10.3 Å². The summed E-state index contributed by atoms with van der Waals surface area (Å²) < 4.78 is 1.63. The SMILES string of the molecule is Cn1cc(C2=NOC(C(=O)O)C2)cn1. The highest BCUT2D eigenvalue weighted by atomic mass is 16.7. The van der Waals surface area contributed by atoms with Gasteiger partial charge in [0.1, 0.15) is 0 Å². The van der Waals surface area contributed by atoms with E-state index < -0.39 is 12.1 Å². The van der Waals surface area contributed by atoms with Crippen molar-refractivity contribution in [3.63, 3.8) is 0 Å². The second-order valence-corrected chi connectivity index (χ2v) is 3.08. The Morgan fingerprint density at radius 1 is 1.79 bits per heavy atom. The molecule has 1 unspecified atom stereocenters. The average Bonchev–Trinajstić information content (AvgIpc) is 2.70. The molecule has 1 atom stereocenters. The first-order valence-corrected chi connectivity index (χ1v) is 4.11. The molecule has 0 aliphatic carbocycles. The number of rotatable bonds is 2. The van der Waals surface area contributed by atoms with Gasteiger partial charge in [-0.1, -0.05) is 5.16 Å². The highest BCUT2D eigenvalue weighted by Gasteiger charge is 2.28. The van der Waals surface area contributed by atoms with E-state index in [4.69, 9.17) is 9.94 Å². The van der Waals surface area contributed by atoms with Gasteiger partial charge in [0.05, 0.1) is 11.9 Å². The highest BCUT2D eigenvalue weighted by Crippen LogP contribution is 2.15. The van der Waals surface area contributed by atoms with Gasteiger partial charge in [-0.3, -0.25) is 4.68 Å². The first-order chi connectivity index (χ1) is 6.66. The van der Waals surface area contributed by atoms with Crippen LogP contribution in [0.3, 0.4) is 0 Å². The Morgan fingerprint density at radius 3 is 3.07 bits per heavy atom. The van der Waals surface area contributed by atoms with Crippen LogP contribution in [0.2, 0.25) is 0 Å². The van der Waals surface area contributed by atoms with Crippen LogP contribution in [0.1, 0.15) is 12.0 Å². The van der Waals surface area contributed by atoms with Gasteiger partial charge in [-0.15, -0.1) is 0 Å². The summed E-state index contributed by atoms with van der Waals surface area (Å²) >= 11 is 0. The summed E-state index contributed by atoms with van der Waals surface area (Å²) in [6, 6.07) is 0. The molecule has 1 N–H and O–H groups in total. The molecule has 2 rings (SSSR count). The van der Waals surface area contributed by atoms with Crippen LogP contribution in [-0.2, 0) is 16.7 Å². The second-order valence-electron chi connectivity index (χ2n) is 3.08. The maximum Gasteiger partial charge on any atom is 0.348 e. The minimum Gasteiger partial charge on any atom is -0.478 e. The van der Waals surface area contributed by atoms with Gasteiger partial charge in [0.2, 0.25) is 6.10 Å². The lowest BCUT2D eigenvalue weighted by Gasteiger charge is -1.98. The van der Waals surface area contributed by atoms with Crippen LogP contribution >= 0.6 is 0 Å². The molecule has 0 bridgehead atoms. The fraction of sp³-hybridized carbons (Fsp3) is 0.375. The van der Waals surface area contributed by atoms with Crippen molar-refractivity contribution in [3.8, 4) is 0 Å². The smallest absolute Gasteiger partial charge is 0.348 e. The van der Waals surface area contributed by atoms with Gasteiger partial charge in [0, 0.05) is 25.2 Å². The number of aryl methyl sites for hydroxylation is 1. The molecule has 0 aromatic carbocycles. The number of carboxylic acid groups (broad SMARTS) is 1. The molecule has 0 fully saturated rings. The van der Waals surface area contributed by atoms with Crippen molar-refractivity contribution in [1.29, 1.82) is 0 Å². The minimum atomic E-state index is -0.993. The van der Waals surface area contributed by atoms with Gasteiger partial charge in [0.25, 0.3) is 0 Å². The summed E-state index contributed by atoms with van der Waals surface area (Å²) in [4.78, 5) is 15.3. The van der Waals surface area contributed by atoms with Crippen molar-refractivity contribution in [2.24, 2.45) is 12.2 Å². The van der Waals surface area contributed by atoms with E-state index in [1.165, 1.54) is 0 Å². The Morgan fingerprint density at radius 2 is 2.57 bits per heavy atom. The zero-order valence-electron chi connectivity index (χ0n) is 7.54. The molecule has 1 aliphatic heterocycles. The van der Waals surface area contributed by atoms with Crippen LogP contribution in [0, 0.1) is 0 Å². The van der Waals surface area contributed by atoms with E-state index in [1.54, 1.807) is 24.1 Å². The minimum absolute atomic E-state index is 0.293. The van der Waals surface area contributed by atoms with E-state index >= 15 is 0 Å². The fourth-order valence-corrected chi connectivity index (χ4v) is 1.25. The van der Waals surface area contributed by atoms with E-state index in [-0.39, 0.29) is 0 Å². The number of aromatic nitrogens is 2. The molecule has 74 valence electrons. The predicted molar refractivity (Wildman–Crippen MR) is 46.9 cm³/mol. The Kier molecular flexibility index (Phi) is 1.95. The van der Waals surface area contributed by atoms with Crippen molar-refractivity contribution in [1.82, 2.24) is 9.78 Å². The quantitative estimate of drug-likeness (QED) is 0.720. The summed E-state index contributed by atoms with van der Waals surface area (Å²) in [6.45, 7) is 0. The maximum atomic E-state index is 10.6. The molecule has 6 nitrogen and oxygen atoms in total. The molecule has 0 radical (unpaired) electrons. The number of hydrogen-bond donors (Lipinski definition) is 1. The molecule has 0 saturated carbocycles. The highest BCUT2D eigenvalue weighted by molar-refractivity contribution is 6.03. The summed E-state index contributed by atoms with van der Waals surface area (Å²) in [5, 5.41) is 16.3. The molecule has 0 amide bonds. The average molecular weight is 195 g/mol. The Labute approximate surface area is 79.8 Å². The van der Waals surface area contributed by atoms with Crippen molar-refractivity contribution in [3.05, 3.63) is 18.0 Å². The van der Waals surface area contributed by atoms with Crippen LogP contribution in [0.15, 0.2) is 17.5 Å². The van der Waals surface area contributed by atoms with Crippen LogP contribution in [0.4, 0.5) is 0 Å². The Bertz CT molecular complexity index is 396. The van der Waals surface area contributed by atoms with Crippen LogP contribution < -0.4 is 0 Å². The molecule has 1 aliphatic rings. The fourth-order valence-electron chi connectivity index (χ4n) is 1.25. The first kappa shape index (κ1) is 8.74. The molecular weight excluding hydrogens is 186 g/mol. The zero-order chi connectivity index (χ0) is 10.1. The number of carbonyl (C=O) groups is 1. The van der Waals surface area contributed by atoms with Crippen molar-refractivity contribution in [2.45, 2.75) is 12.5 Å². The van der Waals surface area contributed by atoms with E-state index in [9.17, 15) is 4.79 Å². The predicted octanol–water partition coefficient (Wildman–Crippen LogP) is -0.00230. The number of aliphatic carboxylic acids is 1. The summed E-state index contributed by atoms with van der Waals surface area (Å²) in [6.07, 6.45) is 2.84. The topological polar surface area (TPSA) is 76.7 Å². The van der Waals surface area contributed by atoms with Gasteiger partial charge in [-0.05, 0) is 0 Å². The summed E-state index contributed by atoms with van der Waals surface area (Å²) in [5.74, 6) is -0.993.